The highest BCUT2D eigenvalue weighted by Gasteiger charge is 2.34. The molecule has 0 saturated carbocycles. The average molecular weight is 398 g/mol. The van der Waals surface area contributed by atoms with Gasteiger partial charge in [0.25, 0.3) is 5.91 Å². The van der Waals surface area contributed by atoms with Crippen LogP contribution in [0.1, 0.15) is 20.1 Å². The molecule has 1 atom stereocenters. The molecule has 0 aliphatic heterocycles. The molecule has 0 unspecified atom stereocenters. The first-order chi connectivity index (χ1) is 10.6. The summed E-state index contributed by atoms with van der Waals surface area (Å²) in [6.07, 6.45) is 3.00. The Kier molecular flexibility index (Phi) is 4.49. The molecule has 1 amide bonds. The molecule has 2 N–H and O–H groups in total. The van der Waals surface area contributed by atoms with E-state index < -0.39 is 5.60 Å². The maximum atomic E-state index is 12.2. The highest BCUT2D eigenvalue weighted by atomic mass is 79.9. The van der Waals surface area contributed by atoms with E-state index >= 15 is 0 Å². The van der Waals surface area contributed by atoms with Crippen molar-refractivity contribution in [2.75, 3.05) is 6.54 Å². The summed E-state index contributed by atoms with van der Waals surface area (Å²) in [5.41, 5.74) is -0.687. The first kappa shape index (κ1) is 15.5. The molecule has 3 heterocycles. The monoisotopic (exact) mass is 397 g/mol. The summed E-state index contributed by atoms with van der Waals surface area (Å²) in [7, 11) is 0. The van der Waals surface area contributed by atoms with E-state index in [4.69, 9.17) is 4.42 Å². The minimum atomic E-state index is -1.30. The van der Waals surface area contributed by atoms with E-state index in [2.05, 4.69) is 21.2 Å². The lowest BCUT2D eigenvalue weighted by atomic mass is 9.94. The molecule has 0 radical (unpaired) electrons. The van der Waals surface area contributed by atoms with Crippen molar-refractivity contribution in [1.29, 1.82) is 0 Å². The first-order valence-electron chi connectivity index (χ1n) is 6.41. The van der Waals surface area contributed by atoms with Crippen molar-refractivity contribution in [3.63, 3.8) is 0 Å². The molecule has 0 saturated heterocycles. The van der Waals surface area contributed by atoms with E-state index in [9.17, 15) is 9.90 Å². The third kappa shape index (κ3) is 3.03. The molecular formula is C15H12BrNO3S2. The number of halogens is 1. The van der Waals surface area contributed by atoms with E-state index in [1.807, 2.05) is 22.9 Å². The molecule has 4 nitrogen and oxygen atoms in total. The van der Waals surface area contributed by atoms with Crippen molar-refractivity contribution in [2.24, 2.45) is 0 Å². The Bertz CT molecular complexity index is 715. The fourth-order valence-electron chi connectivity index (χ4n) is 2.07. The second-order valence-electron chi connectivity index (χ2n) is 4.66. The van der Waals surface area contributed by atoms with E-state index in [1.165, 1.54) is 35.2 Å². The van der Waals surface area contributed by atoms with Gasteiger partial charge in [-0.2, -0.15) is 0 Å². The summed E-state index contributed by atoms with van der Waals surface area (Å²) < 4.78 is 5.95. The van der Waals surface area contributed by atoms with Crippen molar-refractivity contribution in [3.05, 3.63) is 67.3 Å². The lowest BCUT2D eigenvalue weighted by molar-refractivity contribution is 0.0716. The van der Waals surface area contributed by atoms with Crippen LogP contribution < -0.4 is 5.32 Å². The van der Waals surface area contributed by atoms with Crippen LogP contribution in [0.25, 0.3) is 0 Å². The Morgan fingerprint density at radius 1 is 1.41 bits per heavy atom. The van der Waals surface area contributed by atoms with Crippen molar-refractivity contribution in [3.8, 4) is 0 Å². The van der Waals surface area contributed by atoms with Gasteiger partial charge in [-0.05, 0) is 39.5 Å². The van der Waals surface area contributed by atoms with Gasteiger partial charge in [-0.25, -0.2) is 0 Å². The molecule has 0 fully saturated rings. The van der Waals surface area contributed by atoms with Crippen molar-refractivity contribution in [2.45, 2.75) is 5.60 Å². The predicted octanol–water partition coefficient (Wildman–Crippen LogP) is 3.83. The number of thiophene rings is 2. The zero-order valence-corrected chi connectivity index (χ0v) is 14.5. The van der Waals surface area contributed by atoms with E-state index in [0.29, 0.717) is 10.4 Å². The maximum absolute atomic E-state index is 12.2. The van der Waals surface area contributed by atoms with Crippen molar-refractivity contribution in [1.82, 2.24) is 5.32 Å². The van der Waals surface area contributed by atoms with Crippen LogP contribution in [0, 0.1) is 0 Å². The number of hydrogen-bond donors (Lipinski definition) is 2. The molecule has 7 heteroatoms. The van der Waals surface area contributed by atoms with Gasteiger partial charge >= 0.3 is 0 Å². The van der Waals surface area contributed by atoms with Gasteiger partial charge in [0.15, 0.2) is 0 Å². The normalized spacial score (nSPS) is 13.7. The van der Waals surface area contributed by atoms with Gasteiger partial charge in [-0.3, -0.25) is 4.79 Å². The summed E-state index contributed by atoms with van der Waals surface area (Å²) in [5.74, 6) is -0.214. The number of aliphatic hydroxyl groups is 1. The van der Waals surface area contributed by atoms with Crippen LogP contribution in [0.3, 0.4) is 0 Å². The number of rotatable bonds is 5. The van der Waals surface area contributed by atoms with Crippen molar-refractivity contribution < 1.29 is 14.3 Å². The van der Waals surface area contributed by atoms with Crippen molar-refractivity contribution >= 4 is 44.5 Å². The zero-order valence-electron chi connectivity index (χ0n) is 11.3. The number of nitrogens with one attached hydrogen (secondary N) is 1. The molecule has 0 bridgehead atoms. The SMILES string of the molecule is O=C(NC[C@@](O)(c1ccoc1)c1cccs1)c1cc(Br)cs1. The smallest absolute Gasteiger partial charge is 0.261 e. The van der Waals surface area contributed by atoms with Gasteiger partial charge in [0.05, 0.1) is 23.9 Å². The lowest BCUT2D eigenvalue weighted by Crippen LogP contribution is -2.40. The largest absolute Gasteiger partial charge is 0.472 e. The summed E-state index contributed by atoms with van der Waals surface area (Å²) >= 11 is 6.10. The van der Waals surface area contributed by atoms with E-state index in [0.717, 1.165) is 9.35 Å². The van der Waals surface area contributed by atoms with Gasteiger partial charge in [-0.1, -0.05) is 6.07 Å². The summed E-state index contributed by atoms with van der Waals surface area (Å²) in [6.45, 7) is 0.0708. The van der Waals surface area contributed by atoms with Gasteiger partial charge in [0.1, 0.15) is 5.60 Å². The van der Waals surface area contributed by atoms with Crippen LogP contribution in [-0.2, 0) is 5.60 Å². The lowest BCUT2D eigenvalue weighted by Gasteiger charge is -2.26. The van der Waals surface area contributed by atoms with Crippen LogP contribution in [0.2, 0.25) is 0 Å². The van der Waals surface area contributed by atoms with Gasteiger partial charge < -0.3 is 14.8 Å². The Morgan fingerprint density at radius 3 is 2.86 bits per heavy atom. The van der Waals surface area contributed by atoms with Crippen LogP contribution in [-0.4, -0.2) is 17.6 Å². The van der Waals surface area contributed by atoms with E-state index in [-0.39, 0.29) is 12.5 Å². The molecule has 22 heavy (non-hydrogen) atoms. The second-order valence-corrected chi connectivity index (χ2v) is 7.44. The standard InChI is InChI=1S/C15H12BrNO3S2/c16-11-6-12(22-8-11)14(18)17-9-15(19,10-3-4-20-7-10)13-2-1-5-21-13/h1-8,19H,9H2,(H,17,18)/t15-/m1/s1. The highest BCUT2D eigenvalue weighted by Crippen LogP contribution is 2.32. The Morgan fingerprint density at radius 2 is 2.27 bits per heavy atom. The molecule has 3 aromatic heterocycles. The van der Waals surface area contributed by atoms with Gasteiger partial charge in [0.2, 0.25) is 0 Å². The quantitative estimate of drug-likeness (QED) is 0.687. The van der Waals surface area contributed by atoms with Crippen LogP contribution in [0.4, 0.5) is 0 Å². The Labute approximate surface area is 143 Å². The molecule has 0 spiro atoms. The topological polar surface area (TPSA) is 62.5 Å². The minimum Gasteiger partial charge on any atom is -0.472 e. The molecule has 3 aromatic rings. The summed E-state index contributed by atoms with van der Waals surface area (Å²) in [4.78, 5) is 13.5. The van der Waals surface area contributed by atoms with Crippen LogP contribution >= 0.6 is 38.6 Å². The number of hydrogen-bond acceptors (Lipinski definition) is 5. The number of furan rings is 1. The first-order valence-corrected chi connectivity index (χ1v) is 8.96. The van der Waals surface area contributed by atoms with Gasteiger partial charge in [-0.15, -0.1) is 22.7 Å². The van der Waals surface area contributed by atoms with Crippen LogP contribution in [0.15, 0.2) is 56.4 Å². The van der Waals surface area contributed by atoms with Crippen LogP contribution in [0.5, 0.6) is 0 Å². The van der Waals surface area contributed by atoms with Gasteiger partial charge in [0, 0.05) is 20.3 Å². The third-order valence-electron chi connectivity index (χ3n) is 3.22. The fraction of sp³-hybridized carbons (Fsp3) is 0.133. The highest BCUT2D eigenvalue weighted by molar-refractivity contribution is 9.10. The fourth-order valence-corrected chi connectivity index (χ4v) is 4.26. The maximum Gasteiger partial charge on any atom is 0.261 e. The minimum absolute atomic E-state index is 0.0708. The third-order valence-corrected chi connectivity index (χ3v) is 5.93. The predicted molar refractivity (Wildman–Crippen MR) is 90.4 cm³/mol. The molecular weight excluding hydrogens is 386 g/mol. The van der Waals surface area contributed by atoms with E-state index in [1.54, 1.807) is 12.1 Å². The molecule has 114 valence electrons. The Hall–Kier alpha value is -1.41. The Balaban J connectivity index is 1.81. The summed E-state index contributed by atoms with van der Waals surface area (Å²) in [6, 6.07) is 7.16. The average Bonchev–Trinajstić information content (AvgIpc) is 3.24. The zero-order chi connectivity index (χ0) is 15.6. The molecule has 0 aliphatic rings. The molecule has 0 aliphatic carbocycles. The number of amides is 1. The number of carbonyl (C=O) groups excluding carboxylic acids is 1. The second kappa shape index (κ2) is 6.37. The number of carbonyl (C=O) groups is 1. The summed E-state index contributed by atoms with van der Waals surface area (Å²) in [5, 5.41) is 17.6. The molecule has 0 aromatic carbocycles. The molecule has 3 rings (SSSR count).